The number of rotatable bonds is 11. The first-order valence-electron chi connectivity index (χ1n) is 11.5. The second kappa shape index (κ2) is 13.5. The van der Waals surface area contributed by atoms with E-state index >= 15 is 0 Å². The normalized spacial score (nSPS) is 13.4. The van der Waals surface area contributed by atoms with Crippen molar-refractivity contribution in [3.05, 3.63) is 87.9 Å². The Balaban J connectivity index is 1.28. The Morgan fingerprint density at radius 2 is 1.79 bits per heavy atom. The lowest BCUT2D eigenvalue weighted by atomic mass is 10.1. The fourth-order valence-electron chi connectivity index (χ4n) is 3.49. The Morgan fingerprint density at radius 3 is 2.45 bits per heavy atom. The summed E-state index contributed by atoms with van der Waals surface area (Å²) in [6.07, 6.45) is 1.44. The molecule has 0 unspecified atom stereocenters. The Labute approximate surface area is 233 Å². The number of hydrogen-bond donors (Lipinski definition) is 2. The zero-order valence-corrected chi connectivity index (χ0v) is 22.8. The van der Waals surface area contributed by atoms with Crippen LogP contribution in [0.1, 0.15) is 31.6 Å². The Bertz CT molecular complexity index is 1300. The van der Waals surface area contributed by atoms with Crippen LogP contribution in [0.2, 0.25) is 5.02 Å². The molecule has 0 aromatic heterocycles. The molecule has 1 aliphatic rings. The van der Waals surface area contributed by atoms with Crippen molar-refractivity contribution < 1.29 is 28.9 Å². The van der Waals surface area contributed by atoms with Crippen molar-refractivity contribution in [1.29, 1.82) is 0 Å². The number of halogens is 1. The molecule has 1 amide bonds. The Kier molecular flexibility index (Phi) is 9.80. The lowest BCUT2D eigenvalue weighted by Crippen LogP contribution is -2.24. The van der Waals surface area contributed by atoms with Crippen LogP contribution >= 0.6 is 35.1 Å². The zero-order valence-electron chi connectivity index (χ0n) is 20.4. The first kappa shape index (κ1) is 27.7. The van der Waals surface area contributed by atoms with Crippen molar-refractivity contribution in [2.75, 3.05) is 25.2 Å². The number of carboxylic acids is 1. The number of carbonyl (C=O) groups excluding carboxylic acids is 1. The second-order valence-corrected chi connectivity index (χ2v) is 11.2. The van der Waals surface area contributed by atoms with Crippen LogP contribution < -0.4 is 19.6 Å². The molecule has 4 rings (SSSR count). The summed E-state index contributed by atoms with van der Waals surface area (Å²) in [5.74, 6) is 2.27. The van der Waals surface area contributed by atoms with E-state index in [4.69, 9.17) is 30.9 Å². The maximum Gasteiger partial charge on any atom is 0.335 e. The summed E-state index contributed by atoms with van der Waals surface area (Å²) in [6, 6.07) is 17.4. The highest BCUT2D eigenvalue weighted by molar-refractivity contribution is 8.19. The number of hydrogen-bond acceptors (Lipinski definition) is 8. The highest BCUT2D eigenvalue weighted by atomic mass is 35.5. The van der Waals surface area contributed by atoms with Gasteiger partial charge in [0.25, 0.3) is 5.91 Å². The van der Waals surface area contributed by atoms with E-state index in [9.17, 15) is 9.59 Å². The lowest BCUT2D eigenvalue weighted by Gasteiger charge is -2.13. The maximum absolute atomic E-state index is 12.1. The quantitative estimate of drug-likeness (QED) is 0.225. The first-order valence-corrected chi connectivity index (χ1v) is 14.0. The molecule has 3 aromatic carbocycles. The number of aromatic carboxylic acids is 1. The molecule has 0 radical (unpaired) electrons. The zero-order chi connectivity index (χ0) is 26.9. The van der Waals surface area contributed by atoms with E-state index in [0.29, 0.717) is 32.4 Å². The van der Waals surface area contributed by atoms with E-state index in [0.717, 1.165) is 17.1 Å². The van der Waals surface area contributed by atoms with Gasteiger partial charge in [0.2, 0.25) is 0 Å². The molecule has 11 heteroatoms. The molecule has 8 nitrogen and oxygen atoms in total. The summed E-state index contributed by atoms with van der Waals surface area (Å²) in [5.41, 5.74) is 5.23. The standard InChI is InChI=1S/C27H25ClN2O6S2/c1-34-23-13-18(12-22(28)25(23)36-15-17-2-4-19(5-3-17)26(32)33)14-29-30-24(31)16-35-21-8-6-20(7-9-21)27-37-10-11-38-27/h2-9,12-14,27H,10-11,15-16H2,1H3,(H,30,31)(H,32,33)/b29-14-. The predicted molar refractivity (Wildman–Crippen MR) is 151 cm³/mol. The van der Waals surface area contributed by atoms with Gasteiger partial charge in [0.15, 0.2) is 18.1 Å². The molecule has 1 saturated heterocycles. The van der Waals surface area contributed by atoms with Crippen molar-refractivity contribution in [2.45, 2.75) is 11.2 Å². The molecular weight excluding hydrogens is 548 g/mol. The minimum atomic E-state index is -0.995. The molecule has 0 aliphatic carbocycles. The number of nitrogens with zero attached hydrogens (tertiary/aromatic N) is 1. The molecule has 198 valence electrons. The third-order valence-corrected chi connectivity index (χ3v) is 8.77. The number of carbonyl (C=O) groups is 2. The minimum Gasteiger partial charge on any atom is -0.493 e. The van der Waals surface area contributed by atoms with Gasteiger partial charge < -0.3 is 19.3 Å². The molecule has 1 heterocycles. The smallest absolute Gasteiger partial charge is 0.335 e. The molecule has 38 heavy (non-hydrogen) atoms. The molecule has 1 aliphatic heterocycles. The number of carboxylic acid groups (broad SMARTS) is 1. The van der Waals surface area contributed by atoms with Crippen LogP contribution in [0.3, 0.4) is 0 Å². The molecule has 1 fully saturated rings. The second-order valence-electron chi connectivity index (χ2n) is 8.05. The largest absolute Gasteiger partial charge is 0.493 e. The summed E-state index contributed by atoms with van der Waals surface area (Å²) < 4.78 is 17.2. The third-order valence-electron chi connectivity index (χ3n) is 5.38. The van der Waals surface area contributed by atoms with Crippen LogP contribution in [-0.2, 0) is 11.4 Å². The third kappa shape index (κ3) is 7.59. The van der Waals surface area contributed by atoms with E-state index < -0.39 is 11.9 Å². The fourth-order valence-corrected chi connectivity index (χ4v) is 6.62. The number of ether oxygens (including phenoxy) is 3. The number of methoxy groups -OCH3 is 1. The number of benzene rings is 3. The van der Waals surface area contributed by atoms with Gasteiger partial charge in [-0.3, -0.25) is 4.79 Å². The molecule has 0 saturated carbocycles. The highest BCUT2D eigenvalue weighted by Gasteiger charge is 2.18. The van der Waals surface area contributed by atoms with Crippen LogP contribution in [0.5, 0.6) is 17.2 Å². The monoisotopic (exact) mass is 572 g/mol. The Hall–Kier alpha value is -3.34. The summed E-state index contributed by atoms with van der Waals surface area (Å²) in [7, 11) is 1.48. The summed E-state index contributed by atoms with van der Waals surface area (Å²) in [4.78, 5) is 23.1. The summed E-state index contributed by atoms with van der Waals surface area (Å²) >= 11 is 10.3. The van der Waals surface area contributed by atoms with Crippen LogP contribution in [0.4, 0.5) is 0 Å². The van der Waals surface area contributed by atoms with E-state index in [2.05, 4.69) is 10.5 Å². The van der Waals surface area contributed by atoms with Gasteiger partial charge in [0.05, 0.1) is 28.5 Å². The van der Waals surface area contributed by atoms with E-state index in [1.54, 1.807) is 24.3 Å². The molecule has 0 bridgehead atoms. The predicted octanol–water partition coefficient (Wildman–Crippen LogP) is 5.63. The maximum atomic E-state index is 12.1. The fraction of sp³-hybridized carbons (Fsp3) is 0.222. The Morgan fingerprint density at radius 1 is 1.08 bits per heavy atom. The first-order chi connectivity index (χ1) is 18.4. The van der Waals surface area contributed by atoms with Crippen LogP contribution in [0.15, 0.2) is 65.8 Å². The van der Waals surface area contributed by atoms with E-state index in [1.807, 2.05) is 47.8 Å². The van der Waals surface area contributed by atoms with Gasteiger partial charge in [-0.2, -0.15) is 5.10 Å². The van der Waals surface area contributed by atoms with E-state index in [1.165, 1.54) is 31.0 Å². The average molecular weight is 573 g/mol. The van der Waals surface area contributed by atoms with Crippen LogP contribution in [0.25, 0.3) is 0 Å². The summed E-state index contributed by atoms with van der Waals surface area (Å²) in [5, 5.41) is 13.3. The number of amides is 1. The minimum absolute atomic E-state index is 0.167. The van der Waals surface area contributed by atoms with Gasteiger partial charge in [0.1, 0.15) is 12.4 Å². The van der Waals surface area contributed by atoms with Crippen molar-refractivity contribution in [2.24, 2.45) is 5.10 Å². The van der Waals surface area contributed by atoms with Crippen LogP contribution in [-0.4, -0.2) is 48.4 Å². The number of thioether (sulfide) groups is 2. The average Bonchev–Trinajstić information content (AvgIpc) is 3.47. The topological polar surface area (TPSA) is 106 Å². The van der Waals surface area contributed by atoms with Gasteiger partial charge in [-0.25, -0.2) is 10.2 Å². The SMILES string of the molecule is COc1cc(/C=N\NC(=O)COc2ccc(C3SCCS3)cc2)cc(Cl)c1OCc1ccc(C(=O)O)cc1. The molecule has 0 spiro atoms. The van der Waals surface area contributed by atoms with Crippen molar-refractivity contribution >= 4 is 53.2 Å². The highest BCUT2D eigenvalue weighted by Crippen LogP contribution is 2.45. The van der Waals surface area contributed by atoms with Gasteiger partial charge >= 0.3 is 5.97 Å². The molecule has 0 atom stereocenters. The van der Waals surface area contributed by atoms with E-state index in [-0.39, 0.29) is 18.8 Å². The van der Waals surface area contributed by atoms with Crippen molar-refractivity contribution in [1.82, 2.24) is 5.43 Å². The van der Waals surface area contributed by atoms with Crippen molar-refractivity contribution in [3.63, 3.8) is 0 Å². The lowest BCUT2D eigenvalue weighted by molar-refractivity contribution is -0.123. The van der Waals surface area contributed by atoms with Crippen molar-refractivity contribution in [3.8, 4) is 17.2 Å². The summed E-state index contributed by atoms with van der Waals surface area (Å²) in [6.45, 7) is -0.00534. The van der Waals surface area contributed by atoms with Gasteiger partial charge in [-0.1, -0.05) is 35.9 Å². The van der Waals surface area contributed by atoms with Gasteiger partial charge in [0, 0.05) is 11.5 Å². The van der Waals surface area contributed by atoms with Gasteiger partial charge in [-0.05, 0) is 53.1 Å². The van der Waals surface area contributed by atoms with Gasteiger partial charge in [-0.15, -0.1) is 23.5 Å². The number of nitrogens with one attached hydrogen (secondary N) is 1. The molecule has 2 N–H and O–H groups in total. The molecular formula is C27H25ClN2O6S2. The molecule has 3 aromatic rings. The van der Waals surface area contributed by atoms with Crippen LogP contribution in [0, 0.1) is 0 Å². The number of hydrazone groups is 1.